The Morgan fingerprint density at radius 3 is 2.54 bits per heavy atom. The molecule has 1 aliphatic carbocycles. The SMILES string of the molecule is CCCC1CC(=O)C2=C(C1)NC(C)=C(C#N)C2c1cc(C(N)=O)c(N)c(Br)c1C(CC)S(=O)(=O)O. The molecule has 1 heterocycles. The molecule has 2 aliphatic rings. The quantitative estimate of drug-likeness (QED) is 0.283. The van der Waals surface area contributed by atoms with E-state index in [4.69, 9.17) is 11.5 Å². The van der Waals surface area contributed by atoms with Crippen molar-refractivity contribution in [1.82, 2.24) is 5.32 Å². The van der Waals surface area contributed by atoms with Crippen LogP contribution in [0, 0.1) is 17.2 Å². The van der Waals surface area contributed by atoms with E-state index in [0.29, 0.717) is 29.8 Å². The van der Waals surface area contributed by atoms with Crippen molar-refractivity contribution in [2.75, 3.05) is 5.73 Å². The number of halogens is 1. The Labute approximate surface area is 213 Å². The molecule has 0 bridgehead atoms. The summed E-state index contributed by atoms with van der Waals surface area (Å²) in [5.41, 5.74) is 13.6. The zero-order chi connectivity index (χ0) is 26.2. The van der Waals surface area contributed by atoms with Crippen LogP contribution in [-0.2, 0) is 14.9 Å². The van der Waals surface area contributed by atoms with Crippen LogP contribution in [0.2, 0.25) is 0 Å². The summed E-state index contributed by atoms with van der Waals surface area (Å²) in [6.45, 7) is 5.34. The number of amides is 1. The van der Waals surface area contributed by atoms with Gasteiger partial charge in [-0.15, -0.1) is 0 Å². The number of carbonyl (C=O) groups is 2. The molecular formula is C24H29BrN4O5S. The molecule has 0 radical (unpaired) electrons. The molecule has 9 nitrogen and oxygen atoms in total. The number of ketones is 1. The van der Waals surface area contributed by atoms with Gasteiger partial charge >= 0.3 is 0 Å². The van der Waals surface area contributed by atoms with Crippen LogP contribution in [0.5, 0.6) is 0 Å². The standard InChI is InChI=1S/C24H29BrN4O5S/c1-4-6-12-7-16-21(17(30)8-12)19(15(10-26)11(3)29-16)13-9-14(24(28)31)23(27)22(25)20(13)18(5-2)35(32,33)34/h9,12,18-19,29H,4-8,27H2,1-3H3,(H2,28,31)(H,32,33,34). The topological polar surface area (TPSA) is 176 Å². The monoisotopic (exact) mass is 564 g/mol. The fourth-order valence-corrected chi connectivity index (χ4v) is 7.07. The predicted octanol–water partition coefficient (Wildman–Crippen LogP) is 3.99. The Hall–Kier alpha value is -2.68. The molecule has 11 heteroatoms. The zero-order valence-electron chi connectivity index (χ0n) is 19.8. The number of rotatable bonds is 7. The Balaban J connectivity index is 2.43. The lowest BCUT2D eigenvalue weighted by Gasteiger charge is -2.37. The Kier molecular flexibility index (Phi) is 7.79. The smallest absolute Gasteiger partial charge is 0.272 e. The highest BCUT2D eigenvalue weighted by Gasteiger charge is 2.42. The van der Waals surface area contributed by atoms with E-state index in [9.17, 15) is 27.8 Å². The van der Waals surface area contributed by atoms with Gasteiger partial charge in [-0.1, -0.05) is 20.3 Å². The van der Waals surface area contributed by atoms with Crippen molar-refractivity contribution in [1.29, 1.82) is 5.26 Å². The van der Waals surface area contributed by atoms with Crippen molar-refractivity contribution < 1.29 is 22.6 Å². The second kappa shape index (κ2) is 10.1. The van der Waals surface area contributed by atoms with Gasteiger partial charge in [0.2, 0.25) is 0 Å². The van der Waals surface area contributed by atoms with E-state index in [1.807, 2.05) is 6.92 Å². The number of hydrogen-bond acceptors (Lipinski definition) is 7. The lowest BCUT2D eigenvalue weighted by Crippen LogP contribution is -2.35. The fraction of sp³-hybridized carbons (Fsp3) is 0.458. The first-order valence-electron chi connectivity index (χ1n) is 11.4. The minimum absolute atomic E-state index is 0.0201. The van der Waals surface area contributed by atoms with Crippen LogP contribution in [0.4, 0.5) is 5.69 Å². The summed E-state index contributed by atoms with van der Waals surface area (Å²) in [5, 5.41) is 11.9. The maximum atomic E-state index is 13.5. The summed E-state index contributed by atoms with van der Waals surface area (Å²) >= 11 is 3.32. The highest BCUT2D eigenvalue weighted by molar-refractivity contribution is 9.10. The first-order chi connectivity index (χ1) is 16.4. The molecule has 1 amide bonds. The third-order valence-electron chi connectivity index (χ3n) is 6.73. The van der Waals surface area contributed by atoms with Crippen LogP contribution in [0.15, 0.2) is 33.1 Å². The first kappa shape index (κ1) is 26.9. The molecule has 1 aliphatic heterocycles. The number of nitrogens with one attached hydrogen (secondary N) is 1. The van der Waals surface area contributed by atoms with Crippen LogP contribution < -0.4 is 16.8 Å². The van der Waals surface area contributed by atoms with Crippen molar-refractivity contribution >= 4 is 43.4 Å². The maximum Gasteiger partial charge on any atom is 0.272 e. The van der Waals surface area contributed by atoms with E-state index in [1.54, 1.807) is 13.8 Å². The molecule has 3 rings (SSSR count). The summed E-state index contributed by atoms with van der Waals surface area (Å²) in [7, 11) is -4.62. The summed E-state index contributed by atoms with van der Waals surface area (Å²) < 4.78 is 34.9. The lowest BCUT2D eigenvalue weighted by atomic mass is 9.71. The van der Waals surface area contributed by atoms with Gasteiger partial charge in [0.05, 0.1) is 28.8 Å². The van der Waals surface area contributed by atoms with E-state index in [1.165, 1.54) is 6.07 Å². The van der Waals surface area contributed by atoms with Crippen molar-refractivity contribution in [3.8, 4) is 6.07 Å². The number of primary amides is 1. The van der Waals surface area contributed by atoms with Crippen molar-refractivity contribution in [3.05, 3.63) is 49.8 Å². The van der Waals surface area contributed by atoms with Gasteiger partial charge in [0.25, 0.3) is 16.0 Å². The number of allylic oxidation sites excluding steroid dienone is 4. The van der Waals surface area contributed by atoms with E-state index in [-0.39, 0.29) is 50.5 Å². The highest BCUT2D eigenvalue weighted by atomic mass is 79.9. The molecule has 0 aromatic heterocycles. The summed E-state index contributed by atoms with van der Waals surface area (Å²) in [5.74, 6) is -1.80. The van der Waals surface area contributed by atoms with Crippen LogP contribution in [0.1, 0.15) is 85.5 Å². The molecule has 0 saturated heterocycles. The average molecular weight is 565 g/mol. The number of nitrogens with two attached hydrogens (primary N) is 2. The third kappa shape index (κ3) is 4.87. The predicted molar refractivity (Wildman–Crippen MR) is 136 cm³/mol. The lowest BCUT2D eigenvalue weighted by molar-refractivity contribution is -0.117. The number of dihydropyridines is 1. The first-order valence-corrected chi connectivity index (χ1v) is 13.7. The van der Waals surface area contributed by atoms with Crippen molar-refractivity contribution in [2.45, 2.75) is 64.0 Å². The summed E-state index contributed by atoms with van der Waals surface area (Å²) in [4.78, 5) is 25.7. The maximum absolute atomic E-state index is 13.5. The number of anilines is 1. The van der Waals surface area contributed by atoms with E-state index in [2.05, 4.69) is 27.3 Å². The average Bonchev–Trinajstić information content (AvgIpc) is 2.75. The van der Waals surface area contributed by atoms with Crippen LogP contribution in [-0.4, -0.2) is 24.7 Å². The number of nitrogens with zero attached hydrogens (tertiary/aromatic N) is 1. The van der Waals surface area contributed by atoms with Gasteiger partial charge < -0.3 is 16.8 Å². The molecule has 0 fully saturated rings. The molecule has 35 heavy (non-hydrogen) atoms. The fourth-order valence-electron chi connectivity index (χ4n) is 5.23. The van der Waals surface area contributed by atoms with Gasteiger partial charge in [-0.05, 0) is 65.2 Å². The largest absolute Gasteiger partial charge is 0.397 e. The van der Waals surface area contributed by atoms with Gasteiger partial charge in [-0.2, -0.15) is 13.7 Å². The number of hydrogen-bond donors (Lipinski definition) is 4. The molecule has 1 aromatic rings. The second-order valence-corrected chi connectivity index (χ2v) is 11.4. The molecule has 3 atom stereocenters. The Bertz CT molecular complexity index is 1310. The molecule has 0 saturated carbocycles. The summed E-state index contributed by atoms with van der Waals surface area (Å²) in [6, 6.07) is 3.50. The van der Waals surface area contributed by atoms with Gasteiger partial charge in [-0.25, -0.2) is 0 Å². The van der Waals surface area contributed by atoms with Crippen molar-refractivity contribution in [2.24, 2.45) is 11.7 Å². The molecule has 0 spiro atoms. The number of nitriles is 1. The van der Waals surface area contributed by atoms with Gasteiger partial charge in [0, 0.05) is 27.9 Å². The van der Waals surface area contributed by atoms with E-state index < -0.39 is 27.2 Å². The van der Waals surface area contributed by atoms with Crippen LogP contribution in [0.25, 0.3) is 0 Å². The molecular weight excluding hydrogens is 536 g/mol. The van der Waals surface area contributed by atoms with Gasteiger partial charge in [-0.3, -0.25) is 14.1 Å². The molecule has 1 aromatic carbocycles. The Morgan fingerprint density at radius 2 is 2.03 bits per heavy atom. The van der Waals surface area contributed by atoms with Crippen LogP contribution in [0.3, 0.4) is 0 Å². The number of nitrogen functional groups attached to an aromatic ring is 1. The minimum Gasteiger partial charge on any atom is -0.397 e. The number of benzene rings is 1. The normalized spacial score (nSPS) is 21.3. The number of carbonyl (C=O) groups excluding carboxylic acids is 2. The van der Waals surface area contributed by atoms with Crippen LogP contribution >= 0.6 is 15.9 Å². The second-order valence-electron chi connectivity index (χ2n) is 9.02. The highest BCUT2D eigenvalue weighted by Crippen LogP contribution is 2.49. The van der Waals surface area contributed by atoms with E-state index >= 15 is 0 Å². The Morgan fingerprint density at radius 1 is 1.37 bits per heavy atom. The molecule has 3 unspecified atom stereocenters. The van der Waals surface area contributed by atoms with Crippen molar-refractivity contribution in [3.63, 3.8) is 0 Å². The van der Waals surface area contributed by atoms with Gasteiger partial charge in [0.1, 0.15) is 5.25 Å². The molecule has 188 valence electrons. The minimum atomic E-state index is -4.62. The van der Waals surface area contributed by atoms with Gasteiger partial charge in [0.15, 0.2) is 5.78 Å². The van der Waals surface area contributed by atoms with E-state index in [0.717, 1.165) is 12.8 Å². The number of Topliss-reactive ketones (excluding diaryl/α,β-unsaturated/α-hetero) is 1. The molecule has 6 N–H and O–H groups in total. The summed E-state index contributed by atoms with van der Waals surface area (Å²) in [6.07, 6.45) is 2.67. The zero-order valence-corrected chi connectivity index (χ0v) is 22.2. The third-order valence-corrected chi connectivity index (χ3v) is 8.87.